The van der Waals surface area contributed by atoms with Crippen LogP contribution in [0.3, 0.4) is 0 Å². The zero-order valence-electron chi connectivity index (χ0n) is 20.3. The van der Waals surface area contributed by atoms with Gasteiger partial charge in [-0.05, 0) is 37.5 Å². The number of aromatic nitrogens is 2. The lowest BCUT2D eigenvalue weighted by Gasteiger charge is -2.26. The Bertz CT molecular complexity index is 1530. The van der Waals surface area contributed by atoms with Crippen LogP contribution in [0.15, 0.2) is 53.5 Å². The van der Waals surface area contributed by atoms with E-state index in [4.69, 9.17) is 14.6 Å². The molecule has 1 amide bonds. The number of hydrogen-bond donors (Lipinski definition) is 1. The number of amides is 1. The number of carboxylic acids is 1. The molecule has 1 saturated heterocycles. The van der Waals surface area contributed by atoms with Gasteiger partial charge in [-0.25, -0.2) is 4.79 Å². The molecule has 1 aromatic carbocycles. The molecule has 4 heterocycles. The maximum atomic E-state index is 13.7. The summed E-state index contributed by atoms with van der Waals surface area (Å²) in [5.41, 5.74) is 1.46. The van der Waals surface area contributed by atoms with Crippen molar-refractivity contribution >= 4 is 44.2 Å². The number of para-hydroxylation sites is 1. The van der Waals surface area contributed by atoms with E-state index >= 15 is 0 Å². The average molecular weight is 548 g/mol. The summed E-state index contributed by atoms with van der Waals surface area (Å²) in [6, 6.07) is 13.5. The number of carbonyl (C=O) groups excluding carboxylic acids is 1. The van der Waals surface area contributed by atoms with Gasteiger partial charge in [-0.15, -0.1) is 11.3 Å². The molecule has 12 heteroatoms. The molecule has 0 bridgehead atoms. The number of carboxylic acid groups (broad SMARTS) is 1. The van der Waals surface area contributed by atoms with E-state index in [1.165, 1.54) is 18.4 Å². The molecule has 1 fully saturated rings. The number of pyridine rings is 2. The van der Waals surface area contributed by atoms with Crippen LogP contribution in [-0.4, -0.2) is 57.8 Å². The Hall–Kier alpha value is -3.93. The van der Waals surface area contributed by atoms with Crippen LogP contribution < -0.4 is 10.3 Å². The van der Waals surface area contributed by atoms with Crippen LogP contribution >= 0.6 is 11.3 Å². The minimum absolute atomic E-state index is 0.0440. The Labute approximate surface area is 218 Å². The molecule has 200 valence electrons. The topological polar surface area (TPSA) is 102 Å². The molecule has 8 nitrogen and oxygen atoms in total. The molecular weight excluding hydrogens is 523 g/mol. The third kappa shape index (κ3) is 5.49. The van der Waals surface area contributed by atoms with E-state index in [0.717, 1.165) is 53.6 Å². The summed E-state index contributed by atoms with van der Waals surface area (Å²) in [5, 5.41) is 8.54. The summed E-state index contributed by atoms with van der Waals surface area (Å²) >= 11 is 1.36. The van der Waals surface area contributed by atoms with Crippen molar-refractivity contribution in [3.05, 3.63) is 69.6 Å². The number of hydrogen-bond acceptors (Lipinski definition) is 6. The highest BCUT2D eigenvalue weighted by molar-refractivity contribution is 7.22. The van der Waals surface area contributed by atoms with Crippen LogP contribution in [0.25, 0.3) is 21.0 Å². The van der Waals surface area contributed by atoms with Crippen LogP contribution in [0, 0.1) is 0 Å². The van der Waals surface area contributed by atoms with Gasteiger partial charge in [-0.1, -0.05) is 24.3 Å². The Morgan fingerprint density at radius 1 is 1.08 bits per heavy atom. The summed E-state index contributed by atoms with van der Waals surface area (Å²) in [5.74, 6) is -2.41. The van der Waals surface area contributed by atoms with E-state index in [1.807, 2.05) is 47.4 Å². The second-order valence-electron chi connectivity index (χ2n) is 8.55. The summed E-state index contributed by atoms with van der Waals surface area (Å²) in [6.07, 6.45) is -0.185. The number of fused-ring (bicyclic) bond motifs is 3. The van der Waals surface area contributed by atoms with Crippen molar-refractivity contribution in [3.63, 3.8) is 0 Å². The van der Waals surface area contributed by atoms with Crippen molar-refractivity contribution in [1.82, 2.24) is 14.5 Å². The summed E-state index contributed by atoms with van der Waals surface area (Å²) in [4.78, 5) is 42.7. The molecular formula is C26H24F3N3O5S. The number of aliphatic carboxylic acids is 1. The number of piperidine rings is 1. The van der Waals surface area contributed by atoms with E-state index < -0.39 is 12.1 Å². The number of methoxy groups -OCH3 is 1. The fourth-order valence-corrected chi connectivity index (χ4v) is 5.60. The molecule has 0 aliphatic carbocycles. The largest absolute Gasteiger partial charge is 0.494 e. The van der Waals surface area contributed by atoms with Crippen LogP contribution in [0.4, 0.5) is 13.2 Å². The smallest absolute Gasteiger partial charge is 0.490 e. The number of alkyl halides is 3. The fraction of sp³-hybridized carbons (Fsp3) is 0.308. The molecule has 5 rings (SSSR count). The highest BCUT2D eigenvalue weighted by Crippen LogP contribution is 2.40. The van der Waals surface area contributed by atoms with Crippen molar-refractivity contribution < 1.29 is 32.6 Å². The monoisotopic (exact) mass is 547 g/mol. The van der Waals surface area contributed by atoms with Crippen molar-refractivity contribution in [3.8, 4) is 5.75 Å². The van der Waals surface area contributed by atoms with Gasteiger partial charge in [0.05, 0.1) is 29.6 Å². The number of rotatable bonds is 4. The van der Waals surface area contributed by atoms with Crippen molar-refractivity contribution in [2.45, 2.75) is 32.0 Å². The SMILES string of the molecule is COc1c(C(=O)N2CCCCC2)sc2c1c(=O)n(Cc1ccccn1)c1ccccc21.O=C(O)C(F)(F)F. The van der Waals surface area contributed by atoms with Gasteiger partial charge in [0.1, 0.15) is 10.3 Å². The van der Waals surface area contributed by atoms with Crippen molar-refractivity contribution in [2.24, 2.45) is 0 Å². The maximum Gasteiger partial charge on any atom is 0.490 e. The lowest BCUT2D eigenvalue weighted by Crippen LogP contribution is -2.35. The van der Waals surface area contributed by atoms with E-state index in [2.05, 4.69) is 4.98 Å². The molecule has 38 heavy (non-hydrogen) atoms. The normalized spacial score (nSPS) is 13.7. The molecule has 3 aromatic heterocycles. The first-order valence-electron chi connectivity index (χ1n) is 11.7. The number of benzene rings is 1. The average Bonchev–Trinajstić information content (AvgIpc) is 3.31. The number of carbonyl (C=O) groups is 2. The minimum atomic E-state index is -5.08. The lowest BCUT2D eigenvalue weighted by atomic mass is 10.1. The fourth-order valence-electron chi connectivity index (χ4n) is 4.33. The van der Waals surface area contributed by atoms with Crippen LogP contribution in [0.2, 0.25) is 0 Å². The van der Waals surface area contributed by atoms with E-state index in [1.54, 1.807) is 10.8 Å². The zero-order chi connectivity index (χ0) is 27.4. The summed E-state index contributed by atoms with van der Waals surface area (Å²) < 4.78 is 39.9. The first-order valence-corrected chi connectivity index (χ1v) is 12.6. The number of likely N-dealkylation sites (tertiary alicyclic amines) is 1. The van der Waals surface area contributed by atoms with Crippen LogP contribution in [0.1, 0.15) is 34.6 Å². The number of ether oxygens (including phenoxy) is 1. The third-order valence-corrected chi connectivity index (χ3v) is 7.29. The molecule has 0 spiro atoms. The Morgan fingerprint density at radius 2 is 1.74 bits per heavy atom. The molecule has 4 aromatic rings. The molecule has 0 radical (unpaired) electrons. The number of halogens is 3. The Balaban J connectivity index is 0.000000426. The molecule has 0 unspecified atom stereocenters. The highest BCUT2D eigenvalue weighted by Gasteiger charge is 2.38. The van der Waals surface area contributed by atoms with Gasteiger partial charge < -0.3 is 19.3 Å². The minimum Gasteiger partial charge on any atom is -0.494 e. The molecule has 0 saturated carbocycles. The molecule has 1 N–H and O–H groups in total. The second-order valence-corrected chi connectivity index (χ2v) is 9.57. The lowest BCUT2D eigenvalue weighted by molar-refractivity contribution is -0.192. The van der Waals surface area contributed by atoms with Gasteiger partial charge in [0, 0.05) is 24.7 Å². The molecule has 0 atom stereocenters. The number of thiophene rings is 1. The van der Waals surface area contributed by atoms with Gasteiger partial charge in [0.15, 0.2) is 5.75 Å². The first-order chi connectivity index (χ1) is 18.1. The van der Waals surface area contributed by atoms with E-state index in [0.29, 0.717) is 22.6 Å². The van der Waals surface area contributed by atoms with Gasteiger partial charge in [-0.3, -0.25) is 14.6 Å². The predicted molar refractivity (Wildman–Crippen MR) is 137 cm³/mol. The molecule has 1 aliphatic rings. The summed E-state index contributed by atoms with van der Waals surface area (Å²) in [7, 11) is 1.53. The number of nitrogens with zero attached hydrogens (tertiary/aromatic N) is 3. The third-order valence-electron chi connectivity index (χ3n) is 6.09. The van der Waals surface area contributed by atoms with Crippen molar-refractivity contribution in [1.29, 1.82) is 0 Å². The van der Waals surface area contributed by atoms with Gasteiger partial charge in [0.25, 0.3) is 11.5 Å². The van der Waals surface area contributed by atoms with E-state index in [-0.39, 0.29) is 11.5 Å². The first kappa shape index (κ1) is 27.1. The molecule has 1 aliphatic heterocycles. The maximum absolute atomic E-state index is 13.7. The Kier molecular flexibility index (Phi) is 8.00. The predicted octanol–water partition coefficient (Wildman–Crippen LogP) is 4.93. The van der Waals surface area contributed by atoms with Crippen LogP contribution in [0.5, 0.6) is 5.75 Å². The summed E-state index contributed by atoms with van der Waals surface area (Å²) in [6.45, 7) is 1.85. The van der Waals surface area contributed by atoms with Crippen molar-refractivity contribution in [2.75, 3.05) is 20.2 Å². The zero-order valence-corrected chi connectivity index (χ0v) is 21.1. The second kappa shape index (κ2) is 11.2. The van der Waals surface area contributed by atoms with Crippen LogP contribution in [-0.2, 0) is 11.3 Å². The van der Waals surface area contributed by atoms with Gasteiger partial charge in [-0.2, -0.15) is 13.2 Å². The highest BCUT2D eigenvalue weighted by atomic mass is 32.1. The Morgan fingerprint density at radius 3 is 2.34 bits per heavy atom. The quantitative estimate of drug-likeness (QED) is 0.389. The van der Waals surface area contributed by atoms with Gasteiger partial charge in [0.2, 0.25) is 0 Å². The van der Waals surface area contributed by atoms with E-state index in [9.17, 15) is 22.8 Å². The standard InChI is InChI=1S/C24H23N3O3S.C2HF3O2/c1-30-20-19-21(31-22(20)24(29)26-13-7-2-8-14-26)17-10-3-4-11-18(17)27(23(19)28)15-16-9-5-6-12-25-16;3-2(4,5)1(6)7/h3-6,9-12H,2,7-8,13-15H2,1H3;(H,6,7). The van der Waals surface area contributed by atoms with Gasteiger partial charge >= 0.3 is 12.1 Å².